The Morgan fingerprint density at radius 3 is 2.27 bits per heavy atom. The minimum Gasteiger partial charge on any atom is -0.490 e. The lowest BCUT2D eigenvalue weighted by molar-refractivity contribution is -0.122. The monoisotopic (exact) mass is 626 g/mol. The Morgan fingerprint density at radius 2 is 1.59 bits per heavy atom. The molecule has 3 aromatic carbocycles. The number of ether oxygens (including phenoxy) is 2. The van der Waals surface area contributed by atoms with Crippen LogP contribution in [0, 0.1) is 13.8 Å². The SMILES string of the molecule is CCOc1cc(/C=C2\C(=O)NC(=O)N(c3ccc(C)c(C)c3)C2=O)c(Br)cc1OCc1ccc(Br)cc1. The Bertz CT molecular complexity index is 1420. The lowest BCUT2D eigenvalue weighted by Crippen LogP contribution is -2.54. The summed E-state index contributed by atoms with van der Waals surface area (Å²) in [6, 6.07) is 15.6. The number of amides is 4. The van der Waals surface area contributed by atoms with Gasteiger partial charge >= 0.3 is 6.03 Å². The van der Waals surface area contributed by atoms with Crippen LogP contribution in [0.1, 0.15) is 29.2 Å². The zero-order valence-electron chi connectivity index (χ0n) is 20.4. The summed E-state index contributed by atoms with van der Waals surface area (Å²) in [6.45, 7) is 6.39. The van der Waals surface area contributed by atoms with Gasteiger partial charge in [0.2, 0.25) is 0 Å². The highest BCUT2D eigenvalue weighted by atomic mass is 79.9. The molecule has 37 heavy (non-hydrogen) atoms. The van der Waals surface area contributed by atoms with Gasteiger partial charge in [0.1, 0.15) is 12.2 Å². The minimum absolute atomic E-state index is 0.176. The van der Waals surface area contributed by atoms with Crippen molar-refractivity contribution in [1.82, 2.24) is 5.32 Å². The molecule has 0 radical (unpaired) electrons. The number of carbonyl (C=O) groups excluding carboxylic acids is 3. The van der Waals surface area contributed by atoms with Crippen LogP contribution in [0.5, 0.6) is 11.5 Å². The molecule has 190 valence electrons. The molecule has 0 aromatic heterocycles. The molecule has 4 rings (SSSR count). The van der Waals surface area contributed by atoms with E-state index in [1.807, 2.05) is 51.1 Å². The average molecular weight is 628 g/mol. The van der Waals surface area contributed by atoms with Crippen molar-refractivity contribution in [3.63, 3.8) is 0 Å². The van der Waals surface area contributed by atoms with Crippen LogP contribution in [0.25, 0.3) is 6.08 Å². The van der Waals surface area contributed by atoms with Gasteiger partial charge in [0, 0.05) is 8.95 Å². The molecule has 3 aromatic rings. The second-order valence-electron chi connectivity index (χ2n) is 8.40. The molecule has 0 aliphatic carbocycles. The molecule has 1 heterocycles. The van der Waals surface area contributed by atoms with E-state index in [1.165, 1.54) is 6.08 Å². The zero-order valence-corrected chi connectivity index (χ0v) is 23.6. The summed E-state index contributed by atoms with van der Waals surface area (Å²) in [5.41, 5.74) is 3.65. The molecule has 7 nitrogen and oxygen atoms in total. The molecular formula is C28H24Br2N2O5. The van der Waals surface area contributed by atoms with E-state index >= 15 is 0 Å². The van der Waals surface area contributed by atoms with Gasteiger partial charge in [0.25, 0.3) is 11.8 Å². The Morgan fingerprint density at radius 1 is 0.892 bits per heavy atom. The van der Waals surface area contributed by atoms with Crippen LogP contribution >= 0.6 is 31.9 Å². The van der Waals surface area contributed by atoms with Crippen LogP contribution in [-0.2, 0) is 16.2 Å². The highest BCUT2D eigenvalue weighted by Gasteiger charge is 2.37. The number of halogens is 2. The second kappa shape index (κ2) is 11.3. The maximum absolute atomic E-state index is 13.3. The van der Waals surface area contributed by atoms with Crippen molar-refractivity contribution >= 4 is 61.5 Å². The number of anilines is 1. The Kier molecular flexibility index (Phi) is 8.14. The molecule has 4 amide bonds. The number of imide groups is 2. The van der Waals surface area contributed by atoms with Crippen molar-refractivity contribution in [3.8, 4) is 11.5 Å². The van der Waals surface area contributed by atoms with Crippen molar-refractivity contribution in [2.45, 2.75) is 27.4 Å². The van der Waals surface area contributed by atoms with Gasteiger partial charge in [-0.3, -0.25) is 14.9 Å². The van der Waals surface area contributed by atoms with Crippen LogP contribution < -0.4 is 19.7 Å². The number of benzene rings is 3. The third-order valence-electron chi connectivity index (χ3n) is 5.82. The quantitative estimate of drug-likeness (QED) is 0.240. The lowest BCUT2D eigenvalue weighted by Gasteiger charge is -2.27. The van der Waals surface area contributed by atoms with Crippen molar-refractivity contribution in [1.29, 1.82) is 0 Å². The molecule has 1 aliphatic heterocycles. The summed E-state index contributed by atoms with van der Waals surface area (Å²) in [6.07, 6.45) is 1.43. The number of rotatable bonds is 7. The summed E-state index contributed by atoms with van der Waals surface area (Å²) in [5, 5.41) is 2.26. The molecular weight excluding hydrogens is 604 g/mol. The van der Waals surface area contributed by atoms with Gasteiger partial charge in [-0.25, -0.2) is 9.69 Å². The summed E-state index contributed by atoms with van der Waals surface area (Å²) in [4.78, 5) is 39.5. The Balaban J connectivity index is 1.66. The molecule has 0 atom stereocenters. The first kappa shape index (κ1) is 26.6. The predicted octanol–water partition coefficient (Wildman–Crippen LogP) is 6.47. The van der Waals surface area contributed by atoms with Gasteiger partial charge in [-0.05, 0) is 85.5 Å². The molecule has 0 unspecified atom stereocenters. The van der Waals surface area contributed by atoms with Crippen LogP contribution in [0.4, 0.5) is 10.5 Å². The van der Waals surface area contributed by atoms with Crippen LogP contribution in [-0.4, -0.2) is 24.5 Å². The standard InChI is InChI=1S/C28H24Br2N2O5/c1-4-36-24-13-19(23(30)14-25(24)37-15-18-6-8-20(29)9-7-18)12-22-26(33)31-28(35)32(27(22)34)21-10-5-16(2)17(3)11-21/h5-14H,4,15H2,1-3H3,(H,31,33,35)/b22-12+. The van der Waals surface area contributed by atoms with Gasteiger partial charge in [0.05, 0.1) is 12.3 Å². The van der Waals surface area contributed by atoms with Crippen LogP contribution in [0.2, 0.25) is 0 Å². The number of carbonyl (C=O) groups is 3. The van der Waals surface area contributed by atoms with Crippen LogP contribution in [0.15, 0.2) is 69.1 Å². The third kappa shape index (κ3) is 5.94. The number of nitrogens with one attached hydrogen (secondary N) is 1. The first-order chi connectivity index (χ1) is 17.7. The minimum atomic E-state index is -0.791. The van der Waals surface area contributed by atoms with Crippen molar-refractivity contribution in [2.24, 2.45) is 0 Å². The molecule has 1 saturated heterocycles. The average Bonchev–Trinajstić information content (AvgIpc) is 2.85. The van der Waals surface area contributed by atoms with E-state index in [0.717, 1.165) is 26.1 Å². The zero-order chi connectivity index (χ0) is 26.7. The van der Waals surface area contributed by atoms with Gasteiger partial charge in [-0.1, -0.05) is 50.1 Å². The maximum atomic E-state index is 13.3. The summed E-state index contributed by atoms with van der Waals surface area (Å²) in [5.74, 6) is -0.515. The number of nitrogens with zero attached hydrogens (tertiary/aromatic N) is 1. The largest absolute Gasteiger partial charge is 0.490 e. The molecule has 0 spiro atoms. The van der Waals surface area contributed by atoms with E-state index in [9.17, 15) is 14.4 Å². The fraction of sp³-hybridized carbons (Fsp3) is 0.179. The van der Waals surface area contributed by atoms with E-state index in [0.29, 0.717) is 40.4 Å². The van der Waals surface area contributed by atoms with E-state index < -0.39 is 17.8 Å². The highest BCUT2D eigenvalue weighted by Crippen LogP contribution is 2.36. The Labute approximate surface area is 231 Å². The molecule has 9 heteroatoms. The number of aryl methyl sites for hydroxylation is 2. The van der Waals surface area contributed by atoms with Gasteiger partial charge in [0.15, 0.2) is 11.5 Å². The van der Waals surface area contributed by atoms with Crippen LogP contribution in [0.3, 0.4) is 0 Å². The molecule has 0 bridgehead atoms. The van der Waals surface area contributed by atoms with Crippen molar-refractivity contribution < 1.29 is 23.9 Å². The fourth-order valence-corrected chi connectivity index (χ4v) is 4.40. The molecule has 1 aliphatic rings. The number of urea groups is 1. The smallest absolute Gasteiger partial charge is 0.335 e. The van der Waals surface area contributed by atoms with Gasteiger partial charge in [-0.2, -0.15) is 0 Å². The van der Waals surface area contributed by atoms with Gasteiger partial charge < -0.3 is 9.47 Å². The predicted molar refractivity (Wildman–Crippen MR) is 149 cm³/mol. The van der Waals surface area contributed by atoms with E-state index in [4.69, 9.17) is 9.47 Å². The highest BCUT2D eigenvalue weighted by molar-refractivity contribution is 9.10. The Hall–Kier alpha value is -3.43. The number of hydrogen-bond acceptors (Lipinski definition) is 5. The van der Waals surface area contributed by atoms with Gasteiger partial charge in [-0.15, -0.1) is 0 Å². The maximum Gasteiger partial charge on any atom is 0.335 e. The number of hydrogen-bond donors (Lipinski definition) is 1. The summed E-state index contributed by atoms with van der Waals surface area (Å²) in [7, 11) is 0. The summed E-state index contributed by atoms with van der Waals surface area (Å²) >= 11 is 6.93. The summed E-state index contributed by atoms with van der Waals surface area (Å²) < 4.78 is 13.4. The second-order valence-corrected chi connectivity index (χ2v) is 10.2. The van der Waals surface area contributed by atoms with E-state index in [1.54, 1.807) is 24.3 Å². The lowest BCUT2D eigenvalue weighted by atomic mass is 10.0. The molecule has 1 fully saturated rings. The first-order valence-electron chi connectivity index (χ1n) is 11.5. The number of barbiturate groups is 1. The van der Waals surface area contributed by atoms with Crippen molar-refractivity contribution in [2.75, 3.05) is 11.5 Å². The van der Waals surface area contributed by atoms with E-state index in [2.05, 4.69) is 37.2 Å². The normalized spacial score (nSPS) is 14.7. The first-order valence-corrected chi connectivity index (χ1v) is 13.1. The molecule has 1 N–H and O–H groups in total. The fourth-order valence-electron chi connectivity index (χ4n) is 3.70. The van der Waals surface area contributed by atoms with Crippen molar-refractivity contribution in [3.05, 3.63) is 91.4 Å². The topological polar surface area (TPSA) is 84.9 Å². The molecule has 0 saturated carbocycles. The third-order valence-corrected chi connectivity index (χ3v) is 7.04. The van der Waals surface area contributed by atoms with E-state index in [-0.39, 0.29) is 5.57 Å².